The van der Waals surface area contributed by atoms with Gasteiger partial charge < -0.3 is 14.2 Å². The topological polar surface area (TPSA) is 78.9 Å². The normalized spacial score (nSPS) is 12.5. The highest BCUT2D eigenvalue weighted by Crippen LogP contribution is 2.18. The zero-order valence-corrected chi connectivity index (χ0v) is 41.1. The fourth-order valence-corrected chi connectivity index (χ4v) is 8.13. The number of esters is 3. The molecule has 0 aromatic carbocycles. The summed E-state index contributed by atoms with van der Waals surface area (Å²) in [4.78, 5) is 38.0. The molecule has 2 atom stereocenters. The molecule has 0 saturated carbocycles. The molecule has 0 rings (SSSR count). The van der Waals surface area contributed by atoms with E-state index < -0.39 is 6.10 Å². The standard InChI is InChI=1S/C54H104O6/c1-6-8-9-10-11-12-13-14-15-16-20-23-29-34-39-44-52(55)58-47-51(48-59-53(56)45-40-35-30-26-25-28-33-38-43-50(5)7-2)60-54(57)46-41-36-31-24-21-18-17-19-22-27-32-37-42-49(3)4/h49-51H,6-48H2,1-5H3/t50?,51-/m0/s1. The summed E-state index contributed by atoms with van der Waals surface area (Å²) in [7, 11) is 0. The summed E-state index contributed by atoms with van der Waals surface area (Å²) >= 11 is 0. The lowest BCUT2D eigenvalue weighted by Gasteiger charge is -2.18. The smallest absolute Gasteiger partial charge is 0.306 e. The molecule has 1 unspecified atom stereocenters. The number of carbonyl (C=O) groups excluding carboxylic acids is 3. The molecule has 0 aliphatic rings. The van der Waals surface area contributed by atoms with Crippen molar-refractivity contribution in [3.63, 3.8) is 0 Å². The van der Waals surface area contributed by atoms with Crippen molar-refractivity contribution in [2.45, 2.75) is 304 Å². The lowest BCUT2D eigenvalue weighted by molar-refractivity contribution is -0.167. The molecule has 0 heterocycles. The number of hydrogen-bond acceptors (Lipinski definition) is 6. The predicted molar refractivity (Wildman–Crippen MR) is 256 cm³/mol. The van der Waals surface area contributed by atoms with Crippen LogP contribution in [-0.4, -0.2) is 37.2 Å². The second kappa shape index (κ2) is 46.9. The Hall–Kier alpha value is -1.59. The fraction of sp³-hybridized carbons (Fsp3) is 0.944. The van der Waals surface area contributed by atoms with Gasteiger partial charge in [0.05, 0.1) is 0 Å². The highest BCUT2D eigenvalue weighted by molar-refractivity contribution is 5.71. The lowest BCUT2D eigenvalue weighted by atomic mass is 9.99. The number of unbranched alkanes of at least 4 members (excludes halogenated alkanes) is 32. The largest absolute Gasteiger partial charge is 0.462 e. The Balaban J connectivity index is 4.32. The summed E-state index contributed by atoms with van der Waals surface area (Å²) in [6.45, 7) is 11.4. The zero-order valence-electron chi connectivity index (χ0n) is 41.1. The molecule has 356 valence electrons. The summed E-state index contributed by atoms with van der Waals surface area (Å²) in [5.41, 5.74) is 0. The maximum atomic E-state index is 12.8. The van der Waals surface area contributed by atoms with Crippen molar-refractivity contribution in [2.75, 3.05) is 13.2 Å². The Morgan fingerprint density at radius 2 is 0.633 bits per heavy atom. The highest BCUT2D eigenvalue weighted by Gasteiger charge is 2.19. The van der Waals surface area contributed by atoms with Crippen LogP contribution in [0.3, 0.4) is 0 Å². The van der Waals surface area contributed by atoms with Crippen LogP contribution >= 0.6 is 0 Å². The van der Waals surface area contributed by atoms with Crippen LogP contribution in [0.25, 0.3) is 0 Å². The van der Waals surface area contributed by atoms with Crippen LogP contribution in [0, 0.1) is 11.8 Å². The first-order valence-corrected chi connectivity index (χ1v) is 26.8. The van der Waals surface area contributed by atoms with Gasteiger partial charge in [0.2, 0.25) is 0 Å². The van der Waals surface area contributed by atoms with Gasteiger partial charge in [0.25, 0.3) is 0 Å². The van der Waals surface area contributed by atoms with E-state index in [4.69, 9.17) is 14.2 Å². The van der Waals surface area contributed by atoms with Crippen LogP contribution < -0.4 is 0 Å². The monoisotopic (exact) mass is 849 g/mol. The molecular formula is C54H104O6. The van der Waals surface area contributed by atoms with E-state index in [2.05, 4.69) is 34.6 Å². The van der Waals surface area contributed by atoms with Gasteiger partial charge in [0, 0.05) is 19.3 Å². The number of hydrogen-bond donors (Lipinski definition) is 0. The van der Waals surface area contributed by atoms with Gasteiger partial charge in [-0.25, -0.2) is 0 Å². The van der Waals surface area contributed by atoms with Crippen LogP contribution in [0.5, 0.6) is 0 Å². The minimum absolute atomic E-state index is 0.0636. The summed E-state index contributed by atoms with van der Waals surface area (Å²) in [6.07, 6.45) is 48.0. The molecular weight excluding hydrogens is 745 g/mol. The van der Waals surface area contributed by atoms with Gasteiger partial charge in [-0.1, -0.05) is 259 Å². The first-order chi connectivity index (χ1) is 29.3. The molecule has 6 heteroatoms. The van der Waals surface area contributed by atoms with Crippen LogP contribution in [0.1, 0.15) is 298 Å². The SMILES string of the molecule is CCCCCCCCCCCCCCCCCC(=O)OC[C@@H](COC(=O)CCCCCCCCCCC(C)CC)OC(=O)CCCCCCCCCCCCCCC(C)C. The van der Waals surface area contributed by atoms with Crippen LogP contribution in [0.4, 0.5) is 0 Å². The third kappa shape index (κ3) is 45.9. The first kappa shape index (κ1) is 58.4. The van der Waals surface area contributed by atoms with Crippen molar-refractivity contribution in [3.05, 3.63) is 0 Å². The maximum Gasteiger partial charge on any atom is 0.306 e. The molecule has 0 bridgehead atoms. The van der Waals surface area contributed by atoms with E-state index in [1.807, 2.05) is 0 Å². The van der Waals surface area contributed by atoms with Gasteiger partial charge in [0.15, 0.2) is 6.10 Å². The Morgan fingerprint density at radius 1 is 0.350 bits per heavy atom. The molecule has 0 aliphatic carbocycles. The Kier molecular flexibility index (Phi) is 45.7. The molecule has 0 fully saturated rings. The average Bonchev–Trinajstić information content (AvgIpc) is 3.23. The van der Waals surface area contributed by atoms with Gasteiger partial charge in [-0.15, -0.1) is 0 Å². The van der Waals surface area contributed by atoms with Crippen molar-refractivity contribution >= 4 is 17.9 Å². The summed E-state index contributed by atoms with van der Waals surface area (Å²) in [6, 6.07) is 0. The van der Waals surface area contributed by atoms with E-state index in [-0.39, 0.29) is 31.1 Å². The van der Waals surface area contributed by atoms with Gasteiger partial charge in [-0.3, -0.25) is 14.4 Å². The second-order valence-electron chi connectivity index (χ2n) is 19.2. The number of rotatable bonds is 48. The van der Waals surface area contributed by atoms with Crippen molar-refractivity contribution in [1.29, 1.82) is 0 Å². The molecule has 0 aliphatic heterocycles. The molecule has 60 heavy (non-hydrogen) atoms. The number of carbonyl (C=O) groups is 3. The summed E-state index contributed by atoms with van der Waals surface area (Å²) in [5.74, 6) is 0.833. The van der Waals surface area contributed by atoms with E-state index >= 15 is 0 Å². The zero-order chi connectivity index (χ0) is 44.0. The average molecular weight is 849 g/mol. The minimum atomic E-state index is -0.762. The maximum absolute atomic E-state index is 12.8. The fourth-order valence-electron chi connectivity index (χ4n) is 8.13. The van der Waals surface area contributed by atoms with Crippen LogP contribution in [0.2, 0.25) is 0 Å². The van der Waals surface area contributed by atoms with Crippen molar-refractivity contribution in [2.24, 2.45) is 11.8 Å². The van der Waals surface area contributed by atoms with Crippen molar-refractivity contribution in [3.8, 4) is 0 Å². The van der Waals surface area contributed by atoms with Crippen molar-refractivity contribution < 1.29 is 28.6 Å². The van der Waals surface area contributed by atoms with E-state index in [1.165, 1.54) is 186 Å². The Bertz CT molecular complexity index is 918. The van der Waals surface area contributed by atoms with E-state index in [0.29, 0.717) is 19.3 Å². The third-order valence-corrected chi connectivity index (χ3v) is 12.6. The van der Waals surface area contributed by atoms with Gasteiger partial charge in [-0.05, 0) is 31.1 Å². The molecule has 0 aromatic rings. The summed E-state index contributed by atoms with van der Waals surface area (Å²) < 4.78 is 16.8. The minimum Gasteiger partial charge on any atom is -0.462 e. The van der Waals surface area contributed by atoms with Gasteiger partial charge in [-0.2, -0.15) is 0 Å². The lowest BCUT2D eigenvalue weighted by Crippen LogP contribution is -2.30. The second-order valence-corrected chi connectivity index (χ2v) is 19.2. The predicted octanol–water partition coefficient (Wildman–Crippen LogP) is 17.3. The van der Waals surface area contributed by atoms with Crippen molar-refractivity contribution in [1.82, 2.24) is 0 Å². The molecule has 0 amide bonds. The van der Waals surface area contributed by atoms with Gasteiger partial charge >= 0.3 is 17.9 Å². The first-order valence-electron chi connectivity index (χ1n) is 26.8. The number of ether oxygens (including phenoxy) is 3. The third-order valence-electron chi connectivity index (χ3n) is 12.6. The molecule has 0 aromatic heterocycles. The molecule has 0 spiro atoms. The molecule has 0 radical (unpaired) electrons. The quantitative estimate of drug-likeness (QED) is 0.0345. The van der Waals surface area contributed by atoms with E-state index in [0.717, 1.165) is 69.6 Å². The van der Waals surface area contributed by atoms with Crippen LogP contribution in [0.15, 0.2) is 0 Å². The summed E-state index contributed by atoms with van der Waals surface area (Å²) in [5, 5.41) is 0. The highest BCUT2D eigenvalue weighted by atomic mass is 16.6. The Labute approximate surface area is 374 Å². The van der Waals surface area contributed by atoms with E-state index in [1.54, 1.807) is 0 Å². The molecule has 0 saturated heterocycles. The van der Waals surface area contributed by atoms with Crippen LogP contribution in [-0.2, 0) is 28.6 Å². The molecule has 6 nitrogen and oxygen atoms in total. The molecule has 0 N–H and O–H groups in total. The Morgan fingerprint density at radius 3 is 0.950 bits per heavy atom. The van der Waals surface area contributed by atoms with E-state index in [9.17, 15) is 14.4 Å². The van der Waals surface area contributed by atoms with Gasteiger partial charge in [0.1, 0.15) is 13.2 Å².